The van der Waals surface area contributed by atoms with Crippen LogP contribution in [0, 0.1) is 10.1 Å². The molecule has 1 heterocycles. The second-order valence-electron chi connectivity index (χ2n) is 4.37. The number of nitrogens with zero attached hydrogens (tertiary/aromatic N) is 2. The molecule has 0 amide bonds. The van der Waals surface area contributed by atoms with E-state index < -0.39 is 32.7 Å². The van der Waals surface area contributed by atoms with Crippen LogP contribution in [0.1, 0.15) is 0 Å². The lowest BCUT2D eigenvalue weighted by atomic mass is 10.2. The van der Waals surface area contributed by atoms with Crippen LogP contribution < -0.4 is 11.5 Å². The first kappa shape index (κ1) is 13.9. The lowest BCUT2D eigenvalue weighted by molar-refractivity contribution is -0.387. The van der Waals surface area contributed by atoms with Gasteiger partial charge in [0.2, 0.25) is 10.0 Å². The van der Waals surface area contributed by atoms with Crippen molar-refractivity contribution in [2.24, 2.45) is 11.5 Å². The van der Waals surface area contributed by atoms with Gasteiger partial charge in [-0.2, -0.15) is 4.31 Å². The first-order valence-electron chi connectivity index (χ1n) is 5.59. The summed E-state index contributed by atoms with van der Waals surface area (Å²) in [4.78, 5) is 9.83. The van der Waals surface area contributed by atoms with Gasteiger partial charge in [-0.15, -0.1) is 0 Å². The van der Waals surface area contributed by atoms with Gasteiger partial charge in [-0.1, -0.05) is 12.1 Å². The van der Waals surface area contributed by atoms with Gasteiger partial charge in [-0.3, -0.25) is 10.1 Å². The van der Waals surface area contributed by atoms with Crippen molar-refractivity contribution in [1.82, 2.24) is 4.31 Å². The molecule has 1 fully saturated rings. The number of hydrogen-bond acceptors (Lipinski definition) is 6. The summed E-state index contributed by atoms with van der Waals surface area (Å²) in [5.74, 6) is 0. The molecule has 0 aliphatic carbocycles. The van der Waals surface area contributed by atoms with Gasteiger partial charge in [0.25, 0.3) is 5.69 Å². The molecule has 0 bridgehead atoms. The van der Waals surface area contributed by atoms with Crippen LogP contribution in [0.3, 0.4) is 0 Å². The smallest absolute Gasteiger partial charge is 0.289 e. The molecular formula is C10H14N4O4S. The summed E-state index contributed by atoms with van der Waals surface area (Å²) in [6.07, 6.45) is 0. The molecule has 1 aromatic rings. The minimum absolute atomic E-state index is 0.0650. The van der Waals surface area contributed by atoms with Crippen molar-refractivity contribution in [2.75, 3.05) is 13.1 Å². The van der Waals surface area contributed by atoms with Crippen LogP contribution >= 0.6 is 0 Å². The fraction of sp³-hybridized carbons (Fsp3) is 0.400. The third-order valence-electron chi connectivity index (χ3n) is 3.06. The zero-order valence-corrected chi connectivity index (χ0v) is 10.8. The summed E-state index contributed by atoms with van der Waals surface area (Å²) in [5, 5.41) is 10.9. The van der Waals surface area contributed by atoms with E-state index in [1.165, 1.54) is 18.2 Å². The van der Waals surface area contributed by atoms with Crippen molar-refractivity contribution in [3.8, 4) is 0 Å². The predicted molar refractivity (Wildman–Crippen MR) is 67.8 cm³/mol. The van der Waals surface area contributed by atoms with Crippen LogP contribution in [-0.4, -0.2) is 42.8 Å². The third-order valence-corrected chi connectivity index (χ3v) is 4.94. The van der Waals surface area contributed by atoms with Crippen molar-refractivity contribution < 1.29 is 13.3 Å². The monoisotopic (exact) mass is 286 g/mol. The molecule has 1 aliphatic heterocycles. The minimum Gasteiger partial charge on any atom is -0.325 e. The average Bonchev–Trinajstić information content (AvgIpc) is 2.70. The Kier molecular flexibility index (Phi) is 3.54. The van der Waals surface area contributed by atoms with E-state index in [2.05, 4.69) is 0 Å². The lowest BCUT2D eigenvalue weighted by Crippen LogP contribution is -2.39. The molecule has 1 aliphatic rings. The number of nitro groups is 1. The van der Waals surface area contributed by atoms with Gasteiger partial charge >= 0.3 is 0 Å². The van der Waals surface area contributed by atoms with Crippen LogP contribution in [0.25, 0.3) is 0 Å². The van der Waals surface area contributed by atoms with E-state index in [0.29, 0.717) is 0 Å². The molecule has 2 rings (SSSR count). The Morgan fingerprint density at radius 1 is 1.21 bits per heavy atom. The number of para-hydroxylation sites is 1. The van der Waals surface area contributed by atoms with E-state index in [-0.39, 0.29) is 18.0 Å². The number of benzene rings is 1. The van der Waals surface area contributed by atoms with Gasteiger partial charge in [-0.05, 0) is 6.07 Å². The molecule has 0 unspecified atom stereocenters. The highest BCUT2D eigenvalue weighted by Crippen LogP contribution is 2.27. The summed E-state index contributed by atoms with van der Waals surface area (Å²) in [7, 11) is -3.95. The number of nitrogens with two attached hydrogens (primary N) is 2. The quantitative estimate of drug-likeness (QED) is 0.555. The maximum absolute atomic E-state index is 12.4. The third kappa shape index (κ3) is 2.45. The van der Waals surface area contributed by atoms with E-state index in [1.807, 2.05) is 0 Å². The van der Waals surface area contributed by atoms with E-state index >= 15 is 0 Å². The molecule has 19 heavy (non-hydrogen) atoms. The Morgan fingerprint density at radius 3 is 2.26 bits per heavy atom. The molecule has 0 aromatic heterocycles. The van der Waals surface area contributed by atoms with E-state index in [1.54, 1.807) is 0 Å². The van der Waals surface area contributed by atoms with Crippen molar-refractivity contribution in [1.29, 1.82) is 0 Å². The van der Waals surface area contributed by atoms with Crippen LogP contribution in [0.2, 0.25) is 0 Å². The first-order valence-corrected chi connectivity index (χ1v) is 7.03. The zero-order chi connectivity index (χ0) is 14.2. The summed E-state index contributed by atoms with van der Waals surface area (Å²) >= 11 is 0. The average molecular weight is 286 g/mol. The second-order valence-corrected chi connectivity index (χ2v) is 6.28. The fourth-order valence-electron chi connectivity index (χ4n) is 1.98. The minimum atomic E-state index is -3.95. The number of rotatable bonds is 3. The van der Waals surface area contributed by atoms with Gasteiger partial charge in [-0.25, -0.2) is 8.42 Å². The summed E-state index contributed by atoms with van der Waals surface area (Å²) < 4.78 is 25.8. The predicted octanol–water partition coefficient (Wildman–Crippen LogP) is -0.746. The molecule has 0 saturated carbocycles. The highest BCUT2D eigenvalue weighted by atomic mass is 32.2. The summed E-state index contributed by atoms with van der Waals surface area (Å²) in [6.45, 7) is 0.130. The van der Waals surface area contributed by atoms with Crippen molar-refractivity contribution in [3.63, 3.8) is 0 Å². The standard InChI is InChI=1S/C10H14N4O4S/c11-7-5-13(6-8(7)12)19(17,18)10-4-2-1-3-9(10)14(15)16/h1-4,7-8H,5-6,11-12H2/t7-,8+. The van der Waals surface area contributed by atoms with Crippen LogP contribution in [0.15, 0.2) is 29.2 Å². The molecule has 0 spiro atoms. The van der Waals surface area contributed by atoms with Crippen LogP contribution in [-0.2, 0) is 10.0 Å². The van der Waals surface area contributed by atoms with Crippen molar-refractivity contribution in [3.05, 3.63) is 34.4 Å². The van der Waals surface area contributed by atoms with Crippen LogP contribution in [0.4, 0.5) is 5.69 Å². The maximum Gasteiger partial charge on any atom is 0.289 e. The van der Waals surface area contributed by atoms with Gasteiger partial charge < -0.3 is 11.5 Å². The molecule has 9 heteroatoms. The SMILES string of the molecule is N[C@@H]1CN(S(=O)(=O)c2ccccc2[N+](=O)[O-])C[C@@H]1N. The van der Waals surface area contributed by atoms with E-state index in [9.17, 15) is 18.5 Å². The number of hydrogen-bond donors (Lipinski definition) is 2. The number of nitro benzene ring substituents is 1. The Hall–Kier alpha value is -1.55. The van der Waals surface area contributed by atoms with Crippen LogP contribution in [0.5, 0.6) is 0 Å². The molecule has 8 nitrogen and oxygen atoms in total. The highest BCUT2D eigenvalue weighted by molar-refractivity contribution is 7.89. The number of sulfonamides is 1. The van der Waals surface area contributed by atoms with Crippen molar-refractivity contribution >= 4 is 15.7 Å². The largest absolute Gasteiger partial charge is 0.325 e. The Balaban J connectivity index is 2.44. The Morgan fingerprint density at radius 2 is 1.74 bits per heavy atom. The summed E-state index contributed by atoms with van der Waals surface area (Å²) in [5.41, 5.74) is 10.9. The fourth-order valence-corrected chi connectivity index (χ4v) is 3.65. The Labute approximate surface area is 110 Å². The molecule has 104 valence electrons. The Bertz CT molecular complexity index is 593. The molecule has 0 radical (unpaired) electrons. The second kappa shape index (κ2) is 4.85. The maximum atomic E-state index is 12.4. The van der Waals surface area contributed by atoms with Gasteiger partial charge in [0.15, 0.2) is 4.90 Å². The molecule has 2 atom stereocenters. The zero-order valence-electron chi connectivity index (χ0n) is 9.97. The van der Waals surface area contributed by atoms with E-state index in [4.69, 9.17) is 11.5 Å². The highest BCUT2D eigenvalue weighted by Gasteiger charge is 2.38. The first-order chi connectivity index (χ1) is 8.84. The van der Waals surface area contributed by atoms with Gasteiger partial charge in [0.05, 0.1) is 4.92 Å². The topological polar surface area (TPSA) is 133 Å². The van der Waals surface area contributed by atoms with Gasteiger partial charge in [0, 0.05) is 31.2 Å². The lowest BCUT2D eigenvalue weighted by Gasteiger charge is -2.15. The normalized spacial score (nSPS) is 24.5. The molecule has 4 N–H and O–H groups in total. The van der Waals surface area contributed by atoms with E-state index in [0.717, 1.165) is 10.4 Å². The molecule has 1 saturated heterocycles. The molecule has 1 aromatic carbocycles. The summed E-state index contributed by atoms with van der Waals surface area (Å²) in [6, 6.07) is 4.30. The molecular weight excluding hydrogens is 272 g/mol. The van der Waals surface area contributed by atoms with Crippen molar-refractivity contribution in [2.45, 2.75) is 17.0 Å². The van der Waals surface area contributed by atoms with Gasteiger partial charge in [0.1, 0.15) is 0 Å².